The molecule has 5 heterocycles. The molecule has 1 aliphatic carbocycles. The van der Waals surface area contributed by atoms with Gasteiger partial charge in [-0.05, 0) is 60.0 Å². The number of hydrogen-bond donors (Lipinski definition) is 1. The molecule has 1 aliphatic heterocycles. The Bertz CT molecular complexity index is 2030. The molecule has 0 bridgehead atoms. The Kier molecular flexibility index (Phi) is 4.63. The highest BCUT2D eigenvalue weighted by Crippen LogP contribution is 2.53. The summed E-state index contributed by atoms with van der Waals surface area (Å²) in [5, 5.41) is 3.56. The molecule has 6 aromatic rings. The molecule has 2 aromatic carbocycles. The van der Waals surface area contributed by atoms with Gasteiger partial charge in [0.15, 0.2) is 5.65 Å². The largest absolute Gasteiger partial charge is 0.397 e. The molecule has 39 heavy (non-hydrogen) atoms. The monoisotopic (exact) mass is 505 g/mol. The molecule has 188 valence electrons. The second-order valence-electron chi connectivity index (χ2n) is 10.7. The predicted octanol–water partition coefficient (Wildman–Crippen LogP) is 7.14. The second-order valence-corrected chi connectivity index (χ2v) is 10.7. The Balaban J connectivity index is 1.39. The molecule has 1 spiro atoms. The van der Waals surface area contributed by atoms with Crippen molar-refractivity contribution in [2.24, 2.45) is 5.73 Å². The number of rotatable bonds is 3. The smallest absolute Gasteiger partial charge is 0.159 e. The first-order chi connectivity index (χ1) is 19.2. The summed E-state index contributed by atoms with van der Waals surface area (Å²) >= 11 is 0. The van der Waals surface area contributed by atoms with Crippen LogP contribution in [0.4, 0.5) is 0 Å². The molecule has 4 aromatic heterocycles. The summed E-state index contributed by atoms with van der Waals surface area (Å²) in [5.41, 5.74) is 17.2. The van der Waals surface area contributed by atoms with Crippen molar-refractivity contribution in [1.82, 2.24) is 19.5 Å². The maximum atomic E-state index is 6.74. The lowest BCUT2D eigenvalue weighted by Gasteiger charge is -2.38. The Morgan fingerprint density at radius 1 is 0.923 bits per heavy atom. The number of para-hydroxylation sites is 1. The zero-order chi connectivity index (χ0) is 26.1. The van der Waals surface area contributed by atoms with Gasteiger partial charge < -0.3 is 10.3 Å². The Hall–Kier alpha value is -4.77. The maximum absolute atomic E-state index is 6.74. The van der Waals surface area contributed by atoms with Gasteiger partial charge in [0.25, 0.3) is 0 Å². The number of nitrogens with two attached hydrogens (primary N) is 1. The van der Waals surface area contributed by atoms with Crippen molar-refractivity contribution in [3.05, 3.63) is 120 Å². The third-order valence-electron chi connectivity index (χ3n) is 8.49. The van der Waals surface area contributed by atoms with Gasteiger partial charge in [-0.1, -0.05) is 49.4 Å². The molecule has 5 nitrogen and oxygen atoms in total. The molecule has 2 N–H and O–H groups in total. The van der Waals surface area contributed by atoms with E-state index in [4.69, 9.17) is 15.7 Å². The standard InChI is InChI=1S/C34H27N5/c1-2-3-7-23-19-34(27-11-6-16-36-31(27)30(23)35)20-24-8-4-10-25-26-18-22(13-15-29(26)39(34)32(24)25)28-14-12-21-9-5-17-37-33(21)38-28/h3-18H,2,19-20,35H2,1H3/b7-3-. The Morgan fingerprint density at radius 3 is 2.74 bits per heavy atom. The lowest BCUT2D eigenvalue weighted by molar-refractivity contribution is 0.385. The summed E-state index contributed by atoms with van der Waals surface area (Å²) in [6, 6.07) is 25.9. The lowest BCUT2D eigenvalue weighted by Crippen LogP contribution is -2.38. The molecule has 0 fully saturated rings. The molecular weight excluding hydrogens is 478 g/mol. The van der Waals surface area contributed by atoms with E-state index in [1.165, 1.54) is 32.9 Å². The van der Waals surface area contributed by atoms with Gasteiger partial charge in [-0.15, -0.1) is 0 Å². The summed E-state index contributed by atoms with van der Waals surface area (Å²) < 4.78 is 2.58. The number of pyridine rings is 3. The first-order valence-electron chi connectivity index (χ1n) is 13.6. The van der Waals surface area contributed by atoms with Crippen LogP contribution in [0.5, 0.6) is 0 Å². The molecule has 0 amide bonds. The van der Waals surface area contributed by atoms with E-state index in [0.29, 0.717) is 0 Å². The topological polar surface area (TPSA) is 69.6 Å². The van der Waals surface area contributed by atoms with Crippen LogP contribution in [0.15, 0.2) is 103 Å². The average Bonchev–Trinajstić information content (AvgIpc) is 3.50. The first kappa shape index (κ1) is 22.2. The highest BCUT2D eigenvalue weighted by Gasteiger charge is 2.46. The summed E-state index contributed by atoms with van der Waals surface area (Å²) in [6.07, 6.45) is 10.8. The van der Waals surface area contributed by atoms with Crippen molar-refractivity contribution in [2.45, 2.75) is 31.7 Å². The van der Waals surface area contributed by atoms with E-state index < -0.39 is 0 Å². The van der Waals surface area contributed by atoms with Crippen molar-refractivity contribution in [3.63, 3.8) is 0 Å². The van der Waals surface area contributed by atoms with E-state index in [1.807, 2.05) is 24.4 Å². The lowest BCUT2D eigenvalue weighted by atomic mass is 9.74. The fourth-order valence-electron chi connectivity index (χ4n) is 6.81. The number of fused-ring (bicyclic) bond motifs is 7. The van der Waals surface area contributed by atoms with Crippen LogP contribution in [-0.4, -0.2) is 19.5 Å². The molecule has 0 saturated heterocycles. The molecule has 1 unspecified atom stereocenters. The van der Waals surface area contributed by atoms with Crippen molar-refractivity contribution in [1.29, 1.82) is 0 Å². The molecule has 8 rings (SSSR count). The van der Waals surface area contributed by atoms with E-state index in [1.54, 1.807) is 6.20 Å². The normalized spacial score (nSPS) is 18.3. The fourth-order valence-corrected chi connectivity index (χ4v) is 6.81. The molecule has 0 radical (unpaired) electrons. The van der Waals surface area contributed by atoms with Crippen LogP contribution in [-0.2, 0) is 12.0 Å². The van der Waals surface area contributed by atoms with Crippen molar-refractivity contribution in [3.8, 4) is 11.3 Å². The highest BCUT2D eigenvalue weighted by atomic mass is 15.1. The van der Waals surface area contributed by atoms with Gasteiger partial charge >= 0.3 is 0 Å². The summed E-state index contributed by atoms with van der Waals surface area (Å²) in [6.45, 7) is 2.16. The first-order valence-corrected chi connectivity index (χ1v) is 13.6. The van der Waals surface area contributed by atoms with Crippen molar-refractivity contribution in [2.75, 3.05) is 0 Å². The maximum Gasteiger partial charge on any atom is 0.159 e. The van der Waals surface area contributed by atoms with Crippen LogP contribution < -0.4 is 5.73 Å². The third kappa shape index (κ3) is 3.04. The minimum Gasteiger partial charge on any atom is -0.397 e. The van der Waals surface area contributed by atoms with Crippen molar-refractivity contribution >= 4 is 38.5 Å². The number of hydrogen-bond acceptors (Lipinski definition) is 4. The van der Waals surface area contributed by atoms with Gasteiger partial charge in [-0.25, -0.2) is 9.97 Å². The molecule has 2 aliphatic rings. The zero-order valence-electron chi connectivity index (χ0n) is 21.7. The van der Waals surface area contributed by atoms with Gasteiger partial charge in [0.2, 0.25) is 0 Å². The van der Waals surface area contributed by atoms with E-state index >= 15 is 0 Å². The molecular formula is C34H27N5. The van der Waals surface area contributed by atoms with Gasteiger partial charge in [0.05, 0.1) is 28.1 Å². The Labute approximate surface area is 226 Å². The fraction of sp³-hybridized carbons (Fsp3) is 0.147. The van der Waals surface area contributed by atoms with Crippen LogP contribution in [0.2, 0.25) is 0 Å². The van der Waals surface area contributed by atoms with Gasteiger partial charge in [-0.2, -0.15) is 0 Å². The number of allylic oxidation sites excluding steroid dienone is 3. The van der Waals surface area contributed by atoms with Crippen LogP contribution in [0.3, 0.4) is 0 Å². The molecule has 5 heteroatoms. The highest BCUT2D eigenvalue weighted by molar-refractivity contribution is 6.11. The minimum absolute atomic E-state index is 0.282. The van der Waals surface area contributed by atoms with Crippen LogP contribution >= 0.6 is 0 Å². The summed E-state index contributed by atoms with van der Waals surface area (Å²) in [5.74, 6) is 0. The average molecular weight is 506 g/mol. The minimum atomic E-state index is -0.282. The van der Waals surface area contributed by atoms with Gasteiger partial charge in [0.1, 0.15) is 0 Å². The zero-order valence-corrected chi connectivity index (χ0v) is 21.7. The molecule has 0 saturated carbocycles. The Morgan fingerprint density at radius 2 is 1.82 bits per heavy atom. The predicted molar refractivity (Wildman–Crippen MR) is 158 cm³/mol. The second kappa shape index (κ2) is 8.11. The molecule has 1 atom stereocenters. The third-order valence-corrected chi connectivity index (χ3v) is 8.49. The number of benzene rings is 2. The summed E-state index contributed by atoms with van der Waals surface area (Å²) in [4.78, 5) is 14.2. The quantitative estimate of drug-likeness (QED) is 0.278. The van der Waals surface area contributed by atoms with E-state index in [0.717, 1.165) is 58.5 Å². The number of nitrogens with zero attached hydrogens (tertiary/aromatic N) is 4. The number of aromatic nitrogens is 4. The van der Waals surface area contributed by atoms with E-state index in [2.05, 4.69) is 83.2 Å². The van der Waals surface area contributed by atoms with Gasteiger partial charge in [-0.3, -0.25) is 4.98 Å². The van der Waals surface area contributed by atoms with E-state index in [9.17, 15) is 0 Å². The van der Waals surface area contributed by atoms with Crippen LogP contribution in [0, 0.1) is 0 Å². The van der Waals surface area contributed by atoms with Crippen LogP contribution in [0.25, 0.3) is 49.8 Å². The SMILES string of the molecule is CC/C=C\C1=C(N)c2ncccc2C2(C1)Cc1cccc3c4cc(-c5ccc6cccnc6n5)ccc4n2c13. The van der Waals surface area contributed by atoms with Gasteiger partial charge in [0, 0.05) is 58.0 Å². The van der Waals surface area contributed by atoms with Crippen LogP contribution in [0.1, 0.15) is 36.6 Å². The van der Waals surface area contributed by atoms with E-state index in [-0.39, 0.29) is 5.54 Å². The van der Waals surface area contributed by atoms with Crippen molar-refractivity contribution < 1.29 is 0 Å². The summed E-state index contributed by atoms with van der Waals surface area (Å²) in [7, 11) is 0.